The second-order valence-electron chi connectivity index (χ2n) is 6.59. The van der Waals surface area contributed by atoms with E-state index in [-0.39, 0.29) is 10.6 Å². The molecule has 144 valence electrons. The molecular formula is C22H20BrNO3S. The number of hydrogen-bond donors (Lipinski definition) is 0. The van der Waals surface area contributed by atoms with Gasteiger partial charge in [0.1, 0.15) is 4.90 Å². The van der Waals surface area contributed by atoms with Crippen LogP contribution in [-0.2, 0) is 10.1 Å². The summed E-state index contributed by atoms with van der Waals surface area (Å²) < 4.78 is 30.7. The topological polar surface area (TPSA) is 55.7 Å². The molecular weight excluding hydrogens is 438 g/mol. The number of nitrogens with zero attached hydrogens (tertiary/aromatic N) is 1. The summed E-state index contributed by atoms with van der Waals surface area (Å²) in [6.45, 7) is 5.93. The van der Waals surface area contributed by atoms with Gasteiger partial charge in [-0.25, -0.2) is 0 Å². The second-order valence-corrected chi connectivity index (χ2v) is 8.99. The zero-order chi connectivity index (χ0) is 20.3. The first-order valence-electron chi connectivity index (χ1n) is 8.67. The van der Waals surface area contributed by atoms with Crippen LogP contribution in [0.15, 0.2) is 75.0 Å². The Balaban J connectivity index is 1.81. The quantitative estimate of drug-likeness (QED) is 0.354. The smallest absolute Gasteiger partial charge is 0.339 e. The molecule has 0 aliphatic carbocycles. The second kappa shape index (κ2) is 8.29. The Hall–Kier alpha value is -2.44. The molecule has 0 fully saturated rings. The van der Waals surface area contributed by atoms with Gasteiger partial charge in [-0.1, -0.05) is 29.8 Å². The number of hydrogen-bond acceptors (Lipinski definition) is 4. The van der Waals surface area contributed by atoms with Crippen molar-refractivity contribution >= 4 is 38.0 Å². The Kier molecular flexibility index (Phi) is 6.01. The highest BCUT2D eigenvalue weighted by atomic mass is 79.9. The summed E-state index contributed by atoms with van der Waals surface area (Å²) in [5, 5.41) is 0. The van der Waals surface area contributed by atoms with Gasteiger partial charge in [-0.3, -0.25) is 4.99 Å². The van der Waals surface area contributed by atoms with E-state index >= 15 is 0 Å². The van der Waals surface area contributed by atoms with Gasteiger partial charge in [-0.15, -0.1) is 0 Å². The highest BCUT2D eigenvalue weighted by Gasteiger charge is 2.18. The SMILES string of the molecule is Cc1ccc(S(=O)(=O)Oc2ccc(C=Nc3cc(C)ccc3C)cc2Br)cc1. The van der Waals surface area contributed by atoms with E-state index in [9.17, 15) is 8.42 Å². The summed E-state index contributed by atoms with van der Waals surface area (Å²) in [6, 6.07) is 17.8. The maximum absolute atomic E-state index is 12.5. The van der Waals surface area contributed by atoms with Gasteiger partial charge in [-0.2, -0.15) is 8.42 Å². The zero-order valence-electron chi connectivity index (χ0n) is 15.8. The molecule has 0 amide bonds. The predicted molar refractivity (Wildman–Crippen MR) is 116 cm³/mol. The molecule has 0 N–H and O–H groups in total. The van der Waals surface area contributed by atoms with Crippen molar-refractivity contribution in [2.75, 3.05) is 0 Å². The molecule has 3 aromatic rings. The Morgan fingerprint density at radius 3 is 2.25 bits per heavy atom. The van der Waals surface area contributed by atoms with Crippen LogP contribution in [0, 0.1) is 20.8 Å². The Labute approximate surface area is 174 Å². The van der Waals surface area contributed by atoms with Crippen LogP contribution in [0.2, 0.25) is 0 Å². The molecule has 0 radical (unpaired) electrons. The van der Waals surface area contributed by atoms with Gasteiger partial charge in [-0.05, 0) is 89.8 Å². The van der Waals surface area contributed by atoms with Crippen LogP contribution in [0.5, 0.6) is 5.75 Å². The molecule has 3 rings (SSSR count). The van der Waals surface area contributed by atoms with Crippen LogP contribution in [0.3, 0.4) is 0 Å². The van der Waals surface area contributed by atoms with E-state index in [0.717, 1.165) is 27.9 Å². The van der Waals surface area contributed by atoms with E-state index in [1.54, 1.807) is 36.5 Å². The first-order valence-corrected chi connectivity index (χ1v) is 10.9. The predicted octanol–water partition coefficient (Wildman–Crippen LogP) is 5.89. The van der Waals surface area contributed by atoms with Gasteiger partial charge < -0.3 is 4.18 Å². The van der Waals surface area contributed by atoms with Crippen LogP contribution in [0.1, 0.15) is 22.3 Å². The van der Waals surface area contributed by atoms with Crippen LogP contribution in [0.4, 0.5) is 5.69 Å². The van der Waals surface area contributed by atoms with Gasteiger partial charge in [0.2, 0.25) is 0 Å². The first kappa shape index (κ1) is 20.3. The Morgan fingerprint density at radius 1 is 0.893 bits per heavy atom. The summed E-state index contributed by atoms with van der Waals surface area (Å²) in [5.74, 6) is 0.226. The molecule has 0 aliphatic rings. The van der Waals surface area contributed by atoms with E-state index in [1.165, 1.54) is 12.1 Å². The summed E-state index contributed by atoms with van der Waals surface area (Å²) in [4.78, 5) is 4.65. The third-order valence-corrected chi connectivity index (χ3v) is 6.05. The zero-order valence-corrected chi connectivity index (χ0v) is 18.2. The highest BCUT2D eigenvalue weighted by molar-refractivity contribution is 9.10. The lowest BCUT2D eigenvalue weighted by Gasteiger charge is -2.09. The molecule has 0 aliphatic heterocycles. The molecule has 0 aromatic heterocycles. The van der Waals surface area contributed by atoms with Crippen molar-refractivity contribution in [2.24, 2.45) is 4.99 Å². The summed E-state index contributed by atoms with van der Waals surface area (Å²) in [5.41, 5.74) is 4.94. The number of aliphatic imine (C=N–C) groups is 1. The molecule has 0 atom stereocenters. The van der Waals surface area contributed by atoms with Crippen molar-refractivity contribution in [3.8, 4) is 5.75 Å². The van der Waals surface area contributed by atoms with Gasteiger partial charge in [0.25, 0.3) is 0 Å². The molecule has 0 heterocycles. The van der Waals surface area contributed by atoms with E-state index in [4.69, 9.17) is 4.18 Å². The number of halogens is 1. The van der Waals surface area contributed by atoms with E-state index in [1.807, 2.05) is 39.0 Å². The van der Waals surface area contributed by atoms with Gasteiger partial charge >= 0.3 is 10.1 Å². The third-order valence-electron chi connectivity index (χ3n) is 4.18. The number of rotatable bonds is 5. The fraction of sp³-hybridized carbons (Fsp3) is 0.136. The standard InChI is InChI=1S/C22H20BrNO3S/c1-15-5-9-19(10-6-15)28(25,26)27-22-11-8-18(13-20(22)23)14-24-21-12-16(2)4-7-17(21)3/h4-14H,1-3H3. The minimum Gasteiger partial charge on any atom is -0.378 e. The van der Waals surface area contributed by atoms with Gasteiger partial charge in [0.05, 0.1) is 10.2 Å². The fourth-order valence-corrected chi connectivity index (χ4v) is 4.07. The minimum absolute atomic E-state index is 0.116. The van der Waals surface area contributed by atoms with Crippen molar-refractivity contribution in [2.45, 2.75) is 25.7 Å². The summed E-state index contributed by atoms with van der Waals surface area (Å²) >= 11 is 3.39. The van der Waals surface area contributed by atoms with Crippen molar-refractivity contribution in [1.29, 1.82) is 0 Å². The van der Waals surface area contributed by atoms with Crippen LogP contribution in [-0.4, -0.2) is 14.6 Å². The van der Waals surface area contributed by atoms with Crippen LogP contribution in [0.25, 0.3) is 0 Å². The van der Waals surface area contributed by atoms with Crippen molar-refractivity contribution in [3.05, 3.63) is 87.4 Å². The maximum Gasteiger partial charge on any atom is 0.339 e. The fourth-order valence-electron chi connectivity index (χ4n) is 2.54. The average Bonchev–Trinajstić information content (AvgIpc) is 2.65. The normalized spacial score (nSPS) is 11.7. The molecule has 3 aromatic carbocycles. The lowest BCUT2D eigenvalue weighted by molar-refractivity contribution is 0.484. The highest BCUT2D eigenvalue weighted by Crippen LogP contribution is 2.29. The van der Waals surface area contributed by atoms with Crippen molar-refractivity contribution < 1.29 is 12.6 Å². The molecule has 0 spiro atoms. The summed E-state index contributed by atoms with van der Waals surface area (Å²) in [6.07, 6.45) is 1.74. The monoisotopic (exact) mass is 457 g/mol. The molecule has 28 heavy (non-hydrogen) atoms. The van der Waals surface area contributed by atoms with E-state index in [0.29, 0.717) is 4.47 Å². The van der Waals surface area contributed by atoms with E-state index < -0.39 is 10.1 Å². The van der Waals surface area contributed by atoms with Crippen LogP contribution >= 0.6 is 15.9 Å². The molecule has 4 nitrogen and oxygen atoms in total. The lowest BCUT2D eigenvalue weighted by Crippen LogP contribution is -2.10. The summed E-state index contributed by atoms with van der Waals surface area (Å²) in [7, 11) is -3.89. The van der Waals surface area contributed by atoms with Crippen LogP contribution < -0.4 is 4.18 Å². The number of benzene rings is 3. The molecule has 6 heteroatoms. The number of aryl methyl sites for hydroxylation is 3. The average molecular weight is 458 g/mol. The third kappa shape index (κ3) is 4.88. The van der Waals surface area contributed by atoms with Gasteiger partial charge in [0.15, 0.2) is 5.75 Å². The van der Waals surface area contributed by atoms with Crippen molar-refractivity contribution in [1.82, 2.24) is 0 Å². The maximum atomic E-state index is 12.5. The lowest BCUT2D eigenvalue weighted by atomic mass is 10.1. The van der Waals surface area contributed by atoms with Crippen molar-refractivity contribution in [3.63, 3.8) is 0 Å². The molecule has 0 saturated heterocycles. The molecule has 0 unspecified atom stereocenters. The molecule has 0 bridgehead atoms. The Bertz CT molecular complexity index is 1140. The van der Waals surface area contributed by atoms with Gasteiger partial charge in [0, 0.05) is 6.21 Å². The first-order chi connectivity index (χ1) is 13.2. The largest absolute Gasteiger partial charge is 0.378 e. The van der Waals surface area contributed by atoms with E-state index in [2.05, 4.69) is 20.9 Å². The minimum atomic E-state index is -3.89. The Morgan fingerprint density at radius 2 is 1.57 bits per heavy atom. The molecule has 0 saturated carbocycles.